The van der Waals surface area contributed by atoms with Crippen molar-refractivity contribution in [1.29, 1.82) is 0 Å². The summed E-state index contributed by atoms with van der Waals surface area (Å²) in [5.41, 5.74) is 0.649. The number of carbonyl (C=O) groups is 1. The van der Waals surface area contributed by atoms with Gasteiger partial charge in [0.15, 0.2) is 0 Å². The van der Waals surface area contributed by atoms with E-state index in [2.05, 4.69) is 5.32 Å². The third kappa shape index (κ3) is 3.67. The molecule has 0 aromatic heterocycles. The number of ether oxygens (including phenoxy) is 2. The number of rotatable bonds is 5. The fraction of sp³-hybridized carbons (Fsp3) is 0.462. The number of carbonyl (C=O) groups excluding carboxylic acids is 1. The first-order valence-corrected chi connectivity index (χ1v) is 6.17. The predicted molar refractivity (Wildman–Crippen MR) is 76.3 cm³/mol. The quantitative estimate of drug-likeness (QED) is 0.902. The number of likely N-dealkylation sites (N-methyl/N-ethyl adjacent to an activating group) is 1. The van der Waals surface area contributed by atoms with Crippen molar-refractivity contribution in [3.05, 3.63) is 17.2 Å². The van der Waals surface area contributed by atoms with E-state index in [4.69, 9.17) is 21.1 Å². The van der Waals surface area contributed by atoms with Crippen molar-refractivity contribution >= 4 is 23.2 Å². The number of methoxy groups -OCH3 is 2. The average molecular weight is 287 g/mol. The van der Waals surface area contributed by atoms with Crippen molar-refractivity contribution in [3.8, 4) is 11.5 Å². The van der Waals surface area contributed by atoms with Gasteiger partial charge in [-0.05, 0) is 13.0 Å². The molecule has 0 aliphatic heterocycles. The van der Waals surface area contributed by atoms with Crippen molar-refractivity contribution in [3.63, 3.8) is 0 Å². The van der Waals surface area contributed by atoms with Crippen LogP contribution in [0, 0.1) is 0 Å². The summed E-state index contributed by atoms with van der Waals surface area (Å²) < 4.78 is 10.4. The summed E-state index contributed by atoms with van der Waals surface area (Å²) in [5, 5.41) is 3.53. The van der Waals surface area contributed by atoms with Crippen molar-refractivity contribution in [2.75, 3.05) is 33.6 Å². The molecule has 1 rings (SSSR count). The number of hydrogen-bond acceptors (Lipinski definition) is 4. The molecule has 1 aromatic rings. The number of halogens is 1. The molecule has 0 heterocycles. The first-order valence-electron chi connectivity index (χ1n) is 5.80. The summed E-state index contributed by atoms with van der Waals surface area (Å²) in [6.45, 7) is 1.78. The molecule has 0 radical (unpaired) electrons. The molecular weight excluding hydrogens is 268 g/mol. The lowest BCUT2D eigenvalue weighted by Crippen LogP contribution is -2.36. The molecule has 1 N–H and O–H groups in total. The lowest BCUT2D eigenvalue weighted by Gasteiger charge is -2.21. The van der Waals surface area contributed by atoms with E-state index in [0.717, 1.165) is 0 Å². The Balaban J connectivity index is 3.00. The topological polar surface area (TPSA) is 50.8 Å². The maximum absolute atomic E-state index is 11.8. The monoisotopic (exact) mass is 286 g/mol. The maximum atomic E-state index is 11.8. The van der Waals surface area contributed by atoms with Gasteiger partial charge in [-0.15, -0.1) is 0 Å². The van der Waals surface area contributed by atoms with E-state index in [1.54, 1.807) is 40.3 Å². The number of nitrogens with zero attached hydrogens (tertiary/aromatic N) is 1. The molecule has 0 bridgehead atoms. The highest BCUT2D eigenvalue weighted by molar-refractivity contribution is 6.32. The summed E-state index contributed by atoms with van der Waals surface area (Å²) in [6.07, 6.45) is 0. The molecule has 19 heavy (non-hydrogen) atoms. The standard InChI is InChI=1S/C13H19ClN2O3/c1-8(13(17)16(2)3)15-10-6-9(14)11(18-4)7-12(10)19-5/h6-8,15H,1-5H3. The van der Waals surface area contributed by atoms with Gasteiger partial charge >= 0.3 is 0 Å². The van der Waals surface area contributed by atoms with Gasteiger partial charge in [0.2, 0.25) is 5.91 Å². The number of anilines is 1. The van der Waals surface area contributed by atoms with Crippen molar-refractivity contribution < 1.29 is 14.3 Å². The largest absolute Gasteiger partial charge is 0.495 e. The fourth-order valence-electron chi connectivity index (χ4n) is 1.66. The minimum absolute atomic E-state index is 0.0333. The summed E-state index contributed by atoms with van der Waals surface area (Å²) in [7, 11) is 6.50. The Morgan fingerprint density at radius 3 is 2.32 bits per heavy atom. The molecule has 1 unspecified atom stereocenters. The third-order valence-electron chi connectivity index (χ3n) is 2.66. The smallest absolute Gasteiger partial charge is 0.244 e. The van der Waals surface area contributed by atoms with E-state index in [1.807, 2.05) is 0 Å². The van der Waals surface area contributed by atoms with Crippen LogP contribution < -0.4 is 14.8 Å². The highest BCUT2D eigenvalue weighted by atomic mass is 35.5. The molecule has 1 aromatic carbocycles. The number of amides is 1. The summed E-state index contributed by atoms with van der Waals surface area (Å²) in [5.74, 6) is 1.06. The van der Waals surface area contributed by atoms with Crippen LogP contribution in [0.5, 0.6) is 11.5 Å². The Morgan fingerprint density at radius 2 is 1.84 bits per heavy atom. The second kappa shape index (κ2) is 6.52. The second-order valence-electron chi connectivity index (χ2n) is 4.29. The van der Waals surface area contributed by atoms with Gasteiger partial charge in [0.05, 0.1) is 24.9 Å². The Bertz CT molecular complexity index is 463. The third-order valence-corrected chi connectivity index (χ3v) is 2.95. The molecule has 0 saturated carbocycles. The Kier molecular flexibility index (Phi) is 5.30. The molecule has 5 nitrogen and oxygen atoms in total. The molecular formula is C13H19ClN2O3. The SMILES string of the molecule is COc1cc(OC)c(NC(C)C(=O)N(C)C)cc1Cl. The van der Waals surface area contributed by atoms with Crippen LogP contribution in [-0.4, -0.2) is 45.2 Å². The van der Waals surface area contributed by atoms with Gasteiger partial charge in [-0.25, -0.2) is 0 Å². The molecule has 0 aliphatic carbocycles. The minimum atomic E-state index is -0.381. The summed E-state index contributed by atoms with van der Waals surface area (Å²) in [4.78, 5) is 13.3. The van der Waals surface area contributed by atoms with Gasteiger partial charge < -0.3 is 19.7 Å². The zero-order valence-electron chi connectivity index (χ0n) is 11.8. The lowest BCUT2D eigenvalue weighted by atomic mass is 10.2. The molecule has 0 spiro atoms. The van der Waals surface area contributed by atoms with Crippen LogP contribution in [0.1, 0.15) is 6.92 Å². The van der Waals surface area contributed by atoms with E-state index in [9.17, 15) is 4.79 Å². The van der Waals surface area contributed by atoms with Crippen LogP contribution in [0.15, 0.2) is 12.1 Å². The van der Waals surface area contributed by atoms with Gasteiger partial charge in [-0.3, -0.25) is 4.79 Å². The average Bonchev–Trinajstić information content (AvgIpc) is 2.37. The van der Waals surface area contributed by atoms with Crippen molar-refractivity contribution in [2.24, 2.45) is 0 Å². The van der Waals surface area contributed by atoms with Crippen molar-refractivity contribution in [2.45, 2.75) is 13.0 Å². The second-order valence-corrected chi connectivity index (χ2v) is 4.69. The van der Waals surface area contributed by atoms with E-state index in [-0.39, 0.29) is 11.9 Å². The Hall–Kier alpha value is -1.62. The molecule has 0 aliphatic rings. The summed E-state index contributed by atoms with van der Waals surface area (Å²) >= 11 is 6.07. The number of hydrogen-bond donors (Lipinski definition) is 1. The molecule has 0 fully saturated rings. The zero-order valence-corrected chi connectivity index (χ0v) is 12.5. The minimum Gasteiger partial charge on any atom is -0.495 e. The predicted octanol–water partition coefficient (Wildman–Crippen LogP) is 2.25. The Labute approximate surface area is 118 Å². The normalized spacial score (nSPS) is 11.7. The van der Waals surface area contributed by atoms with Crippen LogP contribution in [-0.2, 0) is 4.79 Å². The van der Waals surface area contributed by atoms with Gasteiger partial charge in [-0.2, -0.15) is 0 Å². The van der Waals surface area contributed by atoms with Crippen LogP contribution in [0.2, 0.25) is 5.02 Å². The fourth-order valence-corrected chi connectivity index (χ4v) is 1.90. The molecule has 106 valence electrons. The number of benzene rings is 1. The number of nitrogens with one attached hydrogen (secondary N) is 1. The van der Waals surface area contributed by atoms with Crippen LogP contribution in [0.3, 0.4) is 0 Å². The van der Waals surface area contributed by atoms with E-state index in [1.165, 1.54) is 12.0 Å². The van der Waals surface area contributed by atoms with E-state index in [0.29, 0.717) is 22.2 Å². The van der Waals surface area contributed by atoms with Crippen LogP contribution in [0.4, 0.5) is 5.69 Å². The molecule has 6 heteroatoms. The zero-order chi connectivity index (χ0) is 14.6. The molecule has 0 saturated heterocycles. The van der Waals surface area contributed by atoms with Gasteiger partial charge in [0, 0.05) is 20.2 Å². The first-order chi connectivity index (χ1) is 8.90. The highest BCUT2D eigenvalue weighted by Gasteiger charge is 2.17. The van der Waals surface area contributed by atoms with Gasteiger partial charge in [0.1, 0.15) is 17.5 Å². The van der Waals surface area contributed by atoms with E-state index < -0.39 is 0 Å². The maximum Gasteiger partial charge on any atom is 0.244 e. The summed E-state index contributed by atoms with van der Waals surface area (Å²) in [6, 6.07) is 2.98. The molecule has 1 atom stereocenters. The van der Waals surface area contributed by atoms with Crippen LogP contribution in [0.25, 0.3) is 0 Å². The van der Waals surface area contributed by atoms with Gasteiger partial charge in [0.25, 0.3) is 0 Å². The first kappa shape index (κ1) is 15.4. The van der Waals surface area contributed by atoms with E-state index >= 15 is 0 Å². The highest BCUT2D eigenvalue weighted by Crippen LogP contribution is 2.36. The lowest BCUT2D eigenvalue weighted by molar-refractivity contribution is -0.129. The Morgan fingerprint density at radius 1 is 1.26 bits per heavy atom. The van der Waals surface area contributed by atoms with Crippen molar-refractivity contribution in [1.82, 2.24) is 4.90 Å². The van der Waals surface area contributed by atoms with Gasteiger partial charge in [-0.1, -0.05) is 11.6 Å². The molecule has 1 amide bonds. The van der Waals surface area contributed by atoms with Crippen LogP contribution >= 0.6 is 11.6 Å².